The predicted octanol–water partition coefficient (Wildman–Crippen LogP) is 1.72. The molecule has 0 aliphatic carbocycles. The molecule has 0 saturated heterocycles. The quantitative estimate of drug-likeness (QED) is 0.652. The first-order chi connectivity index (χ1) is 9.62. The Morgan fingerprint density at radius 3 is 1.24 bits per heavy atom. The lowest BCUT2D eigenvalue weighted by molar-refractivity contribution is 0.0430. The molecule has 0 aliphatic rings. The average Bonchev–Trinajstić information content (AvgIpc) is 2.47. The van der Waals surface area contributed by atoms with E-state index in [-0.39, 0.29) is 33.9 Å². The van der Waals surface area contributed by atoms with Crippen LogP contribution in [0.5, 0.6) is 0 Å². The van der Waals surface area contributed by atoms with E-state index in [1.165, 1.54) is 0 Å². The average molecular weight is 312 g/mol. The van der Waals surface area contributed by atoms with E-state index in [2.05, 4.69) is 18.9 Å². The number of aliphatic hydroxyl groups excluding tert-OH is 2. The van der Waals surface area contributed by atoms with Crippen molar-refractivity contribution in [2.24, 2.45) is 0 Å². The zero-order valence-corrected chi connectivity index (χ0v) is 12.0. The standard InChI is InChI=1S/2C6H12O4.CH4/c2*1-2-4-9-6(8)10-5-3-7;/h2*7H,2-5H2,1H3;1H4. The van der Waals surface area contributed by atoms with E-state index in [0.29, 0.717) is 13.2 Å². The Bertz CT molecular complexity index is 188. The number of carbonyl (C=O) groups excluding carboxylic acids is 2. The van der Waals surface area contributed by atoms with Gasteiger partial charge in [0.25, 0.3) is 0 Å². The Hall–Kier alpha value is -1.54. The van der Waals surface area contributed by atoms with Gasteiger partial charge in [-0.25, -0.2) is 9.59 Å². The molecule has 0 aromatic rings. The van der Waals surface area contributed by atoms with Gasteiger partial charge in [-0.3, -0.25) is 0 Å². The van der Waals surface area contributed by atoms with Gasteiger partial charge in [-0.2, -0.15) is 0 Å². The molecule has 21 heavy (non-hydrogen) atoms. The third-order valence-electron chi connectivity index (χ3n) is 1.47. The molecule has 0 spiro atoms. The van der Waals surface area contributed by atoms with Crippen molar-refractivity contribution in [1.82, 2.24) is 0 Å². The van der Waals surface area contributed by atoms with Crippen molar-refractivity contribution in [2.45, 2.75) is 34.1 Å². The fourth-order valence-corrected chi connectivity index (χ4v) is 0.712. The molecule has 0 rings (SSSR count). The molecule has 8 nitrogen and oxygen atoms in total. The highest BCUT2D eigenvalue weighted by molar-refractivity contribution is 5.60. The summed E-state index contributed by atoms with van der Waals surface area (Å²) in [5.41, 5.74) is 0. The molecule has 0 aliphatic heterocycles. The van der Waals surface area contributed by atoms with Crippen LogP contribution in [0.4, 0.5) is 9.59 Å². The summed E-state index contributed by atoms with van der Waals surface area (Å²) >= 11 is 0. The lowest BCUT2D eigenvalue weighted by Crippen LogP contribution is -2.10. The van der Waals surface area contributed by atoms with Crippen LogP contribution in [0.1, 0.15) is 34.1 Å². The molecule has 0 saturated carbocycles. The van der Waals surface area contributed by atoms with Gasteiger partial charge < -0.3 is 29.2 Å². The molecular formula is C13H28O8. The molecule has 0 radical (unpaired) electrons. The number of hydrogen-bond acceptors (Lipinski definition) is 8. The minimum Gasteiger partial charge on any atom is -0.434 e. The Morgan fingerprint density at radius 1 is 0.714 bits per heavy atom. The molecule has 2 N–H and O–H groups in total. The summed E-state index contributed by atoms with van der Waals surface area (Å²) in [5.74, 6) is 0. The highest BCUT2D eigenvalue weighted by atomic mass is 16.7. The molecule has 0 aromatic carbocycles. The fraction of sp³-hybridized carbons (Fsp3) is 0.846. The minimum atomic E-state index is -0.712. The van der Waals surface area contributed by atoms with Crippen molar-refractivity contribution in [3.8, 4) is 0 Å². The molecule has 0 aromatic heterocycles. The van der Waals surface area contributed by atoms with Crippen LogP contribution in [0, 0.1) is 0 Å². The summed E-state index contributed by atoms with van der Waals surface area (Å²) < 4.78 is 17.8. The van der Waals surface area contributed by atoms with Crippen molar-refractivity contribution in [3.05, 3.63) is 0 Å². The number of hydrogen-bond donors (Lipinski definition) is 2. The van der Waals surface area contributed by atoms with Crippen molar-refractivity contribution in [3.63, 3.8) is 0 Å². The van der Waals surface area contributed by atoms with Crippen LogP contribution < -0.4 is 0 Å². The van der Waals surface area contributed by atoms with E-state index in [1.54, 1.807) is 0 Å². The van der Waals surface area contributed by atoms with Crippen LogP contribution in [0.3, 0.4) is 0 Å². The fourth-order valence-electron chi connectivity index (χ4n) is 0.712. The van der Waals surface area contributed by atoms with Crippen molar-refractivity contribution >= 4 is 12.3 Å². The van der Waals surface area contributed by atoms with Gasteiger partial charge in [-0.15, -0.1) is 0 Å². The third kappa shape index (κ3) is 23.9. The zero-order valence-electron chi connectivity index (χ0n) is 12.0. The normalized spacial score (nSPS) is 8.57. The Kier molecular flexibility index (Phi) is 24.2. The largest absolute Gasteiger partial charge is 0.508 e. The summed E-state index contributed by atoms with van der Waals surface area (Å²) in [5, 5.41) is 16.4. The van der Waals surface area contributed by atoms with Gasteiger partial charge >= 0.3 is 12.3 Å². The highest BCUT2D eigenvalue weighted by Crippen LogP contribution is 1.87. The number of carbonyl (C=O) groups is 2. The van der Waals surface area contributed by atoms with Crippen LogP contribution in [0.25, 0.3) is 0 Å². The molecule has 0 heterocycles. The molecule has 0 bridgehead atoms. The second kappa shape index (κ2) is 20.8. The van der Waals surface area contributed by atoms with Crippen LogP contribution >= 0.6 is 0 Å². The maximum atomic E-state index is 10.4. The van der Waals surface area contributed by atoms with Gasteiger partial charge in [0, 0.05) is 0 Å². The van der Waals surface area contributed by atoms with Crippen LogP contribution in [0.2, 0.25) is 0 Å². The van der Waals surface area contributed by atoms with Crippen LogP contribution in [-0.4, -0.2) is 62.2 Å². The smallest absolute Gasteiger partial charge is 0.434 e. The Labute approximate surface area is 125 Å². The Balaban J connectivity index is -0.000000295. The van der Waals surface area contributed by atoms with Crippen LogP contribution in [0.15, 0.2) is 0 Å². The SMILES string of the molecule is C.CCCOC(=O)OCCO.CCCOC(=O)OCCO. The monoisotopic (exact) mass is 312 g/mol. The lowest BCUT2D eigenvalue weighted by atomic mass is 10.5. The third-order valence-corrected chi connectivity index (χ3v) is 1.47. The summed E-state index contributed by atoms with van der Waals surface area (Å²) in [4.78, 5) is 20.8. The van der Waals surface area contributed by atoms with E-state index >= 15 is 0 Å². The maximum absolute atomic E-state index is 10.4. The lowest BCUT2D eigenvalue weighted by Gasteiger charge is -2.01. The van der Waals surface area contributed by atoms with Crippen molar-refractivity contribution < 1.29 is 38.7 Å². The Morgan fingerprint density at radius 2 is 1.00 bits per heavy atom. The first kappa shape index (κ1) is 24.5. The summed E-state index contributed by atoms with van der Waals surface area (Å²) in [6.07, 6.45) is 0.120. The summed E-state index contributed by atoms with van der Waals surface area (Å²) in [6, 6.07) is 0. The van der Waals surface area contributed by atoms with Gasteiger partial charge in [-0.1, -0.05) is 21.3 Å². The van der Waals surface area contributed by atoms with E-state index < -0.39 is 12.3 Å². The first-order valence-electron chi connectivity index (χ1n) is 6.43. The van der Waals surface area contributed by atoms with E-state index in [9.17, 15) is 9.59 Å². The molecule has 0 unspecified atom stereocenters. The van der Waals surface area contributed by atoms with Crippen molar-refractivity contribution in [2.75, 3.05) is 39.6 Å². The molecule has 0 atom stereocenters. The minimum absolute atomic E-state index is 0. The van der Waals surface area contributed by atoms with E-state index in [1.807, 2.05) is 13.8 Å². The van der Waals surface area contributed by atoms with E-state index in [4.69, 9.17) is 10.2 Å². The second-order valence-corrected chi connectivity index (χ2v) is 3.34. The maximum Gasteiger partial charge on any atom is 0.508 e. The van der Waals surface area contributed by atoms with Gasteiger partial charge in [0.1, 0.15) is 13.2 Å². The van der Waals surface area contributed by atoms with Gasteiger partial charge in [0.05, 0.1) is 26.4 Å². The first-order valence-corrected chi connectivity index (χ1v) is 6.43. The summed E-state index contributed by atoms with van der Waals surface area (Å²) in [7, 11) is 0. The molecule has 128 valence electrons. The molecule has 8 heteroatoms. The summed E-state index contributed by atoms with van der Waals surface area (Å²) in [6.45, 7) is 4.18. The zero-order chi connectivity index (χ0) is 15.6. The number of rotatable bonds is 8. The molecule has 0 fully saturated rings. The molecule has 0 amide bonds. The second-order valence-electron chi connectivity index (χ2n) is 3.34. The van der Waals surface area contributed by atoms with E-state index in [0.717, 1.165) is 12.8 Å². The van der Waals surface area contributed by atoms with Gasteiger partial charge in [0.2, 0.25) is 0 Å². The van der Waals surface area contributed by atoms with Crippen LogP contribution in [-0.2, 0) is 18.9 Å². The van der Waals surface area contributed by atoms with Gasteiger partial charge in [0.15, 0.2) is 0 Å². The highest BCUT2D eigenvalue weighted by Gasteiger charge is 2.00. The van der Waals surface area contributed by atoms with Gasteiger partial charge in [-0.05, 0) is 12.8 Å². The predicted molar refractivity (Wildman–Crippen MR) is 76.1 cm³/mol. The molecular weight excluding hydrogens is 284 g/mol. The number of aliphatic hydroxyl groups is 2. The topological polar surface area (TPSA) is 112 Å². The number of ether oxygens (including phenoxy) is 4. The van der Waals surface area contributed by atoms with Crippen molar-refractivity contribution in [1.29, 1.82) is 0 Å².